The van der Waals surface area contributed by atoms with Crippen LogP contribution in [0.3, 0.4) is 0 Å². The highest BCUT2D eigenvalue weighted by Gasteiger charge is 2.19. The van der Waals surface area contributed by atoms with Crippen LogP contribution < -0.4 is 0 Å². The molecule has 0 aliphatic carbocycles. The first kappa shape index (κ1) is 65.5. The minimum atomic E-state index is -0.858. The Bertz CT molecular complexity index is 1730. The highest BCUT2D eigenvalue weighted by atomic mass is 16.6. The molecular weight excluding hydrogens is 877 g/mol. The summed E-state index contributed by atoms with van der Waals surface area (Å²) in [6, 6.07) is 0. The van der Waals surface area contributed by atoms with Crippen LogP contribution >= 0.6 is 0 Å². The Morgan fingerprint density at radius 1 is 0.282 bits per heavy atom. The van der Waals surface area contributed by atoms with Crippen molar-refractivity contribution in [3.8, 4) is 0 Å². The molecule has 0 aromatic heterocycles. The summed E-state index contributed by atoms with van der Waals surface area (Å²) in [4.78, 5) is 38.0. The van der Waals surface area contributed by atoms with Crippen LogP contribution in [0.5, 0.6) is 0 Å². The molecule has 392 valence electrons. The fourth-order valence-electron chi connectivity index (χ4n) is 6.43. The molecule has 0 aliphatic heterocycles. The molecule has 0 aromatic carbocycles. The van der Waals surface area contributed by atoms with E-state index in [0.29, 0.717) is 19.3 Å². The average Bonchev–Trinajstić information content (AvgIpc) is 3.37. The molecule has 0 rings (SSSR count). The Hall–Kier alpha value is -5.49. The third-order valence-electron chi connectivity index (χ3n) is 10.4. The number of hydrogen-bond acceptors (Lipinski definition) is 6. The Morgan fingerprint density at radius 3 is 0.901 bits per heavy atom. The number of unbranched alkanes of at least 4 members (excludes halogenated alkanes) is 5. The molecule has 0 aliphatic rings. The van der Waals surface area contributed by atoms with E-state index in [1.807, 2.05) is 12.2 Å². The summed E-state index contributed by atoms with van der Waals surface area (Å²) in [5, 5.41) is 0. The maximum absolute atomic E-state index is 12.8. The SMILES string of the molecule is CC/C=C\C/C=C\C/C=C\C/C=C\C/C=C\C/C=C\CCCCCCC(=O)OCC(COC(=O)CC/C=C\C/C=C\C/C=C\C/C=C\CC)OC(=O)CCC/C=C\C/C=C\C/C=C\C/C=C\C/C=C\CC. The van der Waals surface area contributed by atoms with Crippen molar-refractivity contribution in [1.82, 2.24) is 0 Å². The summed E-state index contributed by atoms with van der Waals surface area (Å²) in [7, 11) is 0. The smallest absolute Gasteiger partial charge is 0.306 e. The first-order chi connectivity index (χ1) is 35.0. The molecule has 6 nitrogen and oxygen atoms in total. The number of carbonyl (C=O) groups excluding carboxylic acids is 3. The van der Waals surface area contributed by atoms with E-state index in [2.05, 4.69) is 191 Å². The van der Waals surface area contributed by atoms with Crippen LogP contribution in [0.25, 0.3) is 0 Å². The maximum Gasteiger partial charge on any atom is 0.306 e. The van der Waals surface area contributed by atoms with Crippen molar-refractivity contribution >= 4 is 17.9 Å². The molecule has 1 unspecified atom stereocenters. The number of esters is 3. The summed E-state index contributed by atoms with van der Waals surface area (Å²) in [6.45, 7) is 6.12. The van der Waals surface area contributed by atoms with Crippen molar-refractivity contribution in [3.63, 3.8) is 0 Å². The fraction of sp³-hybridized carbons (Fsp3) is 0.492. The normalized spacial score (nSPS) is 13.6. The van der Waals surface area contributed by atoms with Crippen LogP contribution in [0.2, 0.25) is 0 Å². The number of hydrogen-bond donors (Lipinski definition) is 0. The predicted molar refractivity (Wildman–Crippen MR) is 306 cm³/mol. The van der Waals surface area contributed by atoms with Gasteiger partial charge in [-0.1, -0.05) is 216 Å². The summed E-state index contributed by atoms with van der Waals surface area (Å²) in [5.74, 6) is -1.13. The van der Waals surface area contributed by atoms with Crippen molar-refractivity contribution in [1.29, 1.82) is 0 Å². The van der Waals surface area contributed by atoms with E-state index in [0.717, 1.165) is 135 Å². The third-order valence-corrected chi connectivity index (χ3v) is 10.4. The topological polar surface area (TPSA) is 78.9 Å². The minimum Gasteiger partial charge on any atom is -0.462 e. The predicted octanol–water partition coefficient (Wildman–Crippen LogP) is 18.5. The van der Waals surface area contributed by atoms with Gasteiger partial charge in [0.05, 0.1) is 0 Å². The fourth-order valence-corrected chi connectivity index (χ4v) is 6.43. The van der Waals surface area contributed by atoms with E-state index in [1.54, 1.807) is 0 Å². The zero-order valence-electron chi connectivity index (χ0n) is 44.6. The monoisotopic (exact) mass is 973 g/mol. The van der Waals surface area contributed by atoms with Gasteiger partial charge in [-0.2, -0.15) is 0 Å². The zero-order chi connectivity index (χ0) is 51.4. The molecule has 71 heavy (non-hydrogen) atoms. The van der Waals surface area contributed by atoms with Gasteiger partial charge < -0.3 is 14.2 Å². The van der Waals surface area contributed by atoms with Gasteiger partial charge in [0, 0.05) is 19.3 Å². The molecule has 0 aromatic rings. The Labute approximate surface area is 434 Å². The van der Waals surface area contributed by atoms with Gasteiger partial charge in [0.25, 0.3) is 0 Å². The van der Waals surface area contributed by atoms with Gasteiger partial charge >= 0.3 is 17.9 Å². The Balaban J connectivity index is 4.60. The number of ether oxygens (including phenoxy) is 3. The molecule has 0 N–H and O–H groups in total. The van der Waals surface area contributed by atoms with Crippen molar-refractivity contribution in [2.24, 2.45) is 0 Å². The van der Waals surface area contributed by atoms with Crippen LogP contribution in [0.1, 0.15) is 188 Å². The molecule has 0 amide bonds. The molecule has 0 saturated carbocycles. The molecular formula is C65H96O6. The number of allylic oxidation sites excluding steroid dienone is 30. The zero-order valence-corrected chi connectivity index (χ0v) is 44.6. The first-order valence-corrected chi connectivity index (χ1v) is 27.3. The molecule has 0 radical (unpaired) electrons. The van der Waals surface area contributed by atoms with E-state index >= 15 is 0 Å². The van der Waals surface area contributed by atoms with Gasteiger partial charge in [-0.25, -0.2) is 0 Å². The summed E-state index contributed by atoms with van der Waals surface area (Å²) in [6.07, 6.45) is 86.1. The highest BCUT2D eigenvalue weighted by molar-refractivity contribution is 5.71. The lowest BCUT2D eigenvalue weighted by Crippen LogP contribution is -2.30. The largest absolute Gasteiger partial charge is 0.462 e. The van der Waals surface area contributed by atoms with Crippen LogP contribution in [0, 0.1) is 0 Å². The van der Waals surface area contributed by atoms with E-state index in [-0.39, 0.29) is 38.0 Å². The van der Waals surface area contributed by atoms with Crippen LogP contribution in [-0.4, -0.2) is 37.2 Å². The van der Waals surface area contributed by atoms with Gasteiger partial charge in [0.2, 0.25) is 0 Å². The highest BCUT2D eigenvalue weighted by Crippen LogP contribution is 2.10. The lowest BCUT2D eigenvalue weighted by molar-refractivity contribution is -0.166. The molecule has 0 fully saturated rings. The number of rotatable bonds is 46. The minimum absolute atomic E-state index is 0.147. The quantitative estimate of drug-likeness (QED) is 0.0262. The van der Waals surface area contributed by atoms with Gasteiger partial charge in [-0.05, 0) is 135 Å². The molecule has 0 spiro atoms. The van der Waals surface area contributed by atoms with E-state index < -0.39 is 12.1 Å². The first-order valence-electron chi connectivity index (χ1n) is 27.3. The third kappa shape index (κ3) is 55.3. The second kappa shape index (κ2) is 57.1. The van der Waals surface area contributed by atoms with Crippen molar-refractivity contribution in [3.05, 3.63) is 182 Å². The Morgan fingerprint density at radius 2 is 0.549 bits per heavy atom. The van der Waals surface area contributed by atoms with Crippen molar-refractivity contribution in [2.45, 2.75) is 194 Å². The molecule has 1 atom stereocenters. The van der Waals surface area contributed by atoms with Crippen molar-refractivity contribution in [2.75, 3.05) is 13.2 Å². The van der Waals surface area contributed by atoms with Gasteiger partial charge in [-0.3, -0.25) is 14.4 Å². The van der Waals surface area contributed by atoms with Gasteiger partial charge in [0.15, 0.2) is 6.10 Å². The maximum atomic E-state index is 12.8. The van der Waals surface area contributed by atoms with E-state index in [4.69, 9.17) is 14.2 Å². The average molecular weight is 973 g/mol. The van der Waals surface area contributed by atoms with E-state index in [9.17, 15) is 14.4 Å². The molecule has 0 saturated heterocycles. The van der Waals surface area contributed by atoms with Crippen LogP contribution in [0.4, 0.5) is 0 Å². The second-order valence-electron chi connectivity index (χ2n) is 17.0. The lowest BCUT2D eigenvalue weighted by atomic mass is 10.1. The molecule has 6 heteroatoms. The molecule has 0 heterocycles. The van der Waals surface area contributed by atoms with E-state index in [1.165, 1.54) is 0 Å². The second-order valence-corrected chi connectivity index (χ2v) is 17.0. The molecule has 0 bridgehead atoms. The van der Waals surface area contributed by atoms with Crippen molar-refractivity contribution < 1.29 is 28.6 Å². The van der Waals surface area contributed by atoms with Gasteiger partial charge in [-0.15, -0.1) is 0 Å². The summed E-state index contributed by atoms with van der Waals surface area (Å²) >= 11 is 0. The van der Waals surface area contributed by atoms with Gasteiger partial charge in [0.1, 0.15) is 13.2 Å². The summed E-state index contributed by atoms with van der Waals surface area (Å²) in [5.41, 5.74) is 0. The van der Waals surface area contributed by atoms with Crippen LogP contribution in [0.15, 0.2) is 182 Å². The standard InChI is InChI=1S/C65H96O6/c1-4-7-10-13-16-19-22-25-27-29-30-31-32-33-34-36-37-40-43-46-49-52-55-58-64(67)70-61-62(60-69-63(66)57-54-51-48-45-42-39-24-21-18-15-12-9-6-3)71-65(68)59-56-53-50-47-44-41-38-35-28-26-23-20-17-14-11-8-5-2/h7-12,16-21,25-28,30-31,33-34,37-42,47-48,50-51,62H,4-6,13-15,22-24,29,32,35-36,43-46,49,52-61H2,1-3H3/b10-7-,11-8-,12-9-,19-16-,20-17-,21-18-,27-25-,28-26-,31-30-,34-33-,40-37-,41-38-,42-39-,50-47-,51-48-. The van der Waals surface area contributed by atoms with Crippen LogP contribution in [-0.2, 0) is 28.6 Å². The lowest BCUT2D eigenvalue weighted by Gasteiger charge is -2.18. The summed E-state index contributed by atoms with van der Waals surface area (Å²) < 4.78 is 16.7. The number of carbonyl (C=O) groups is 3. The Kier molecular flexibility index (Phi) is 52.7.